The molecule has 11 rings (SSSR count). The van der Waals surface area contributed by atoms with Crippen molar-refractivity contribution in [3.05, 3.63) is 223 Å². The van der Waals surface area contributed by atoms with E-state index in [0.29, 0.717) is 6.54 Å². The number of nitrogens with zero attached hydrogens (tertiary/aromatic N) is 2. The van der Waals surface area contributed by atoms with Crippen LogP contribution in [-0.4, -0.2) is 9.13 Å². The van der Waals surface area contributed by atoms with Gasteiger partial charge in [0.2, 0.25) is 0 Å². The summed E-state index contributed by atoms with van der Waals surface area (Å²) in [4.78, 5) is 0. The quantitative estimate of drug-likeness (QED) is 0.128. The average molecular weight is 742 g/mol. The Kier molecular flexibility index (Phi) is 8.04. The van der Waals surface area contributed by atoms with Crippen LogP contribution < -0.4 is 5.73 Å². The maximum atomic E-state index is 6.72. The molecule has 0 aliphatic carbocycles. The van der Waals surface area contributed by atoms with E-state index in [-0.39, 0.29) is 0 Å². The largest absolute Gasteiger partial charge is 0.398 e. The summed E-state index contributed by atoms with van der Waals surface area (Å²) >= 11 is 0. The number of rotatable bonds is 7. The van der Waals surface area contributed by atoms with E-state index in [2.05, 4.69) is 203 Å². The lowest BCUT2D eigenvalue weighted by molar-refractivity contribution is 0.901. The van der Waals surface area contributed by atoms with E-state index in [9.17, 15) is 0 Å². The van der Waals surface area contributed by atoms with Gasteiger partial charge in [0.15, 0.2) is 0 Å². The van der Waals surface area contributed by atoms with Crippen LogP contribution in [0.3, 0.4) is 0 Å². The SMILES string of the molecule is N/C(=C\C(=C/Cn1c2ccccc2c2c3ccc4ccc5c(c6ccccc6n5-c5ccc(-c6ccccc6)cc5)c4c3ccc21)c1ccccc1)c1ccccc1. The van der Waals surface area contributed by atoms with Gasteiger partial charge in [-0.25, -0.2) is 0 Å². The van der Waals surface area contributed by atoms with Gasteiger partial charge in [0.1, 0.15) is 0 Å². The fourth-order valence-corrected chi connectivity index (χ4v) is 9.11. The molecule has 0 unspecified atom stereocenters. The van der Waals surface area contributed by atoms with E-state index >= 15 is 0 Å². The first kappa shape index (κ1) is 33.7. The predicted octanol–water partition coefficient (Wildman–Crippen LogP) is 13.9. The van der Waals surface area contributed by atoms with Crippen molar-refractivity contribution < 1.29 is 0 Å². The highest BCUT2D eigenvalue weighted by molar-refractivity contribution is 6.32. The molecule has 11 aromatic rings. The Labute approximate surface area is 336 Å². The van der Waals surface area contributed by atoms with Gasteiger partial charge in [-0.2, -0.15) is 0 Å². The predicted molar refractivity (Wildman–Crippen MR) is 247 cm³/mol. The maximum absolute atomic E-state index is 6.72. The zero-order valence-electron chi connectivity index (χ0n) is 31.9. The lowest BCUT2D eigenvalue weighted by Crippen LogP contribution is -1.99. The van der Waals surface area contributed by atoms with Crippen molar-refractivity contribution in [3.8, 4) is 16.8 Å². The normalized spacial score (nSPS) is 12.5. The third-order valence-corrected chi connectivity index (χ3v) is 11.8. The zero-order valence-corrected chi connectivity index (χ0v) is 31.9. The van der Waals surface area contributed by atoms with Crippen LogP contribution in [-0.2, 0) is 6.54 Å². The molecule has 0 saturated heterocycles. The third kappa shape index (κ3) is 5.51. The van der Waals surface area contributed by atoms with Crippen LogP contribution >= 0.6 is 0 Å². The van der Waals surface area contributed by atoms with Crippen LogP contribution in [0.2, 0.25) is 0 Å². The van der Waals surface area contributed by atoms with Crippen LogP contribution in [0, 0.1) is 0 Å². The van der Waals surface area contributed by atoms with Gasteiger partial charge < -0.3 is 14.9 Å². The summed E-state index contributed by atoms with van der Waals surface area (Å²) in [5.41, 5.74) is 19.1. The van der Waals surface area contributed by atoms with E-state index in [1.807, 2.05) is 18.2 Å². The smallest absolute Gasteiger partial charge is 0.0547 e. The highest BCUT2D eigenvalue weighted by Crippen LogP contribution is 2.43. The van der Waals surface area contributed by atoms with Crippen molar-refractivity contribution in [2.75, 3.05) is 0 Å². The molecule has 2 heterocycles. The number of para-hydroxylation sites is 2. The lowest BCUT2D eigenvalue weighted by Gasteiger charge is -2.11. The minimum atomic E-state index is 0.687. The van der Waals surface area contributed by atoms with Gasteiger partial charge in [-0.1, -0.05) is 170 Å². The molecule has 3 heteroatoms. The number of hydrogen-bond donors (Lipinski definition) is 1. The van der Waals surface area contributed by atoms with E-state index in [1.54, 1.807) is 0 Å². The van der Waals surface area contributed by atoms with Crippen molar-refractivity contribution in [2.45, 2.75) is 6.54 Å². The molecule has 2 aromatic heterocycles. The standard InChI is InChI=1S/C55H39N3/c56-48(40-18-8-3-9-19-40)36-42(38-16-6-2-7-17-38)34-35-57-49-22-12-10-20-46(49)54-45-30-26-41-27-32-52-55(53(41)44(45)31-33-51(54)57)47-21-11-13-23-50(47)58(52)43-28-24-39(25-29-43)37-14-4-1-5-15-37/h1-34,36H,35,56H2/b42-34+,48-36-. The topological polar surface area (TPSA) is 35.9 Å². The molecule has 9 aromatic carbocycles. The second-order valence-corrected chi connectivity index (χ2v) is 15.1. The maximum Gasteiger partial charge on any atom is 0.0547 e. The molecule has 0 atom stereocenters. The molecule has 0 amide bonds. The van der Waals surface area contributed by atoms with Crippen molar-refractivity contribution in [1.29, 1.82) is 0 Å². The van der Waals surface area contributed by atoms with Crippen molar-refractivity contribution in [1.82, 2.24) is 9.13 Å². The zero-order chi connectivity index (χ0) is 38.6. The minimum absolute atomic E-state index is 0.687. The number of nitrogens with two attached hydrogens (primary N) is 1. The lowest BCUT2D eigenvalue weighted by atomic mass is 9.95. The van der Waals surface area contributed by atoms with E-state index < -0.39 is 0 Å². The van der Waals surface area contributed by atoms with Gasteiger partial charge in [0.25, 0.3) is 0 Å². The van der Waals surface area contributed by atoms with Crippen molar-refractivity contribution >= 4 is 76.4 Å². The monoisotopic (exact) mass is 741 g/mol. The van der Waals surface area contributed by atoms with Crippen LogP contribution in [0.5, 0.6) is 0 Å². The summed E-state index contributed by atoms with van der Waals surface area (Å²) in [5, 5.41) is 10.1. The van der Waals surface area contributed by atoms with Crippen molar-refractivity contribution in [3.63, 3.8) is 0 Å². The minimum Gasteiger partial charge on any atom is -0.398 e. The molecular weight excluding hydrogens is 703 g/mol. The fourth-order valence-electron chi connectivity index (χ4n) is 9.11. The van der Waals surface area contributed by atoms with Crippen LogP contribution in [0.15, 0.2) is 212 Å². The Balaban J connectivity index is 1.11. The first-order valence-corrected chi connectivity index (χ1v) is 19.9. The van der Waals surface area contributed by atoms with Gasteiger partial charge in [-0.3, -0.25) is 0 Å². The summed E-state index contributed by atoms with van der Waals surface area (Å²) in [6.07, 6.45) is 4.42. The van der Waals surface area contributed by atoms with Gasteiger partial charge >= 0.3 is 0 Å². The molecule has 0 aliphatic heterocycles. The fraction of sp³-hybridized carbons (Fsp3) is 0.0182. The molecule has 3 nitrogen and oxygen atoms in total. The number of allylic oxidation sites excluding steroid dienone is 3. The molecule has 0 bridgehead atoms. The van der Waals surface area contributed by atoms with Gasteiger partial charge in [-0.15, -0.1) is 0 Å². The number of aromatic nitrogens is 2. The van der Waals surface area contributed by atoms with Gasteiger partial charge in [-0.05, 0) is 91.8 Å². The Hall–Kier alpha value is -7.62. The first-order valence-electron chi connectivity index (χ1n) is 19.9. The highest BCUT2D eigenvalue weighted by Gasteiger charge is 2.19. The van der Waals surface area contributed by atoms with E-state index in [1.165, 1.54) is 76.3 Å². The molecule has 0 radical (unpaired) electrons. The molecule has 0 fully saturated rings. The summed E-state index contributed by atoms with van der Waals surface area (Å²) in [6.45, 7) is 0.687. The van der Waals surface area contributed by atoms with Gasteiger partial charge in [0.05, 0.1) is 16.6 Å². The van der Waals surface area contributed by atoms with Crippen molar-refractivity contribution in [2.24, 2.45) is 5.73 Å². The van der Waals surface area contributed by atoms with E-state index in [4.69, 9.17) is 5.73 Å². The summed E-state index contributed by atoms with van der Waals surface area (Å²) in [7, 11) is 0. The highest BCUT2D eigenvalue weighted by atomic mass is 15.0. The Morgan fingerprint density at radius 2 is 0.966 bits per heavy atom. The number of fused-ring (bicyclic) bond motifs is 11. The molecular formula is C55H39N3. The second kappa shape index (κ2) is 13.8. The molecule has 274 valence electrons. The Bertz CT molecular complexity index is 3390. The van der Waals surface area contributed by atoms with Crippen LogP contribution in [0.4, 0.5) is 0 Å². The molecule has 2 N–H and O–H groups in total. The Morgan fingerprint density at radius 3 is 1.71 bits per heavy atom. The summed E-state index contributed by atoms with van der Waals surface area (Å²) in [6, 6.07) is 71.9. The van der Waals surface area contributed by atoms with Crippen LogP contribution in [0.25, 0.3) is 93.2 Å². The molecule has 0 aliphatic rings. The molecule has 0 spiro atoms. The third-order valence-electron chi connectivity index (χ3n) is 11.8. The van der Waals surface area contributed by atoms with Gasteiger partial charge in [0, 0.05) is 45.0 Å². The number of hydrogen-bond acceptors (Lipinski definition) is 1. The summed E-state index contributed by atoms with van der Waals surface area (Å²) in [5.74, 6) is 0. The average Bonchev–Trinajstić information content (AvgIpc) is 3.81. The summed E-state index contributed by atoms with van der Waals surface area (Å²) < 4.78 is 4.88. The molecule has 0 saturated carbocycles. The molecule has 58 heavy (non-hydrogen) atoms. The van der Waals surface area contributed by atoms with E-state index in [0.717, 1.165) is 28.1 Å². The second-order valence-electron chi connectivity index (χ2n) is 15.1. The Morgan fingerprint density at radius 1 is 0.414 bits per heavy atom. The first-order chi connectivity index (χ1) is 28.7. The van der Waals surface area contributed by atoms with Crippen LogP contribution in [0.1, 0.15) is 11.1 Å². The number of benzene rings is 9.